The molecule has 0 radical (unpaired) electrons. The fourth-order valence-corrected chi connectivity index (χ4v) is 3.03. The van der Waals surface area contributed by atoms with E-state index in [4.69, 9.17) is 14.5 Å². The van der Waals surface area contributed by atoms with Crippen molar-refractivity contribution < 1.29 is 14.3 Å². The average Bonchev–Trinajstić information content (AvgIpc) is 3.13. The van der Waals surface area contributed by atoms with E-state index in [9.17, 15) is 4.79 Å². The van der Waals surface area contributed by atoms with Crippen LogP contribution < -0.4 is 4.74 Å². The Balaban J connectivity index is 1.65. The van der Waals surface area contributed by atoms with E-state index in [1.807, 2.05) is 38.2 Å². The number of methoxy groups -OCH3 is 1. The highest BCUT2D eigenvalue weighted by atomic mass is 16.6. The quantitative estimate of drug-likeness (QED) is 0.540. The molecule has 3 aromatic rings. The van der Waals surface area contributed by atoms with E-state index in [0.29, 0.717) is 12.4 Å². The first-order valence-electron chi connectivity index (χ1n) is 9.74. The molecule has 0 saturated heterocycles. The molecule has 29 heavy (non-hydrogen) atoms. The Labute approximate surface area is 170 Å². The molecule has 0 fully saturated rings. The number of nitrogens with zero attached hydrogens (tertiary/aromatic N) is 5. The maximum absolute atomic E-state index is 11.8. The van der Waals surface area contributed by atoms with Gasteiger partial charge in [0, 0.05) is 37.2 Å². The summed E-state index contributed by atoms with van der Waals surface area (Å²) in [6, 6.07) is 5.79. The predicted octanol–water partition coefficient (Wildman–Crippen LogP) is 3.60. The van der Waals surface area contributed by atoms with E-state index in [1.165, 1.54) is 0 Å². The van der Waals surface area contributed by atoms with Crippen molar-refractivity contribution in [3.63, 3.8) is 0 Å². The van der Waals surface area contributed by atoms with E-state index in [-0.39, 0.29) is 12.2 Å². The fraction of sp³-hybridized carbons (Fsp3) is 0.429. The molecule has 0 atom stereocenters. The Bertz CT molecular complexity index is 970. The maximum atomic E-state index is 11.8. The topological polar surface area (TPSA) is 81.9 Å². The van der Waals surface area contributed by atoms with Gasteiger partial charge in [-0.25, -0.2) is 19.3 Å². The molecule has 1 amide bonds. The number of rotatable bonds is 8. The number of aryl methyl sites for hydroxylation is 1. The molecular formula is C21H27N5O3. The first-order valence-corrected chi connectivity index (χ1v) is 9.74. The third-order valence-electron chi connectivity index (χ3n) is 4.51. The van der Waals surface area contributed by atoms with Crippen molar-refractivity contribution in [2.24, 2.45) is 0 Å². The molecule has 0 aliphatic heterocycles. The molecule has 0 aliphatic carbocycles. The lowest BCUT2D eigenvalue weighted by molar-refractivity contribution is 0.0837. The van der Waals surface area contributed by atoms with Gasteiger partial charge in [-0.05, 0) is 51.3 Å². The first kappa shape index (κ1) is 20.6. The lowest BCUT2D eigenvalue weighted by Crippen LogP contribution is -2.30. The Morgan fingerprint density at radius 3 is 2.83 bits per heavy atom. The monoisotopic (exact) mass is 397 g/mol. The van der Waals surface area contributed by atoms with Crippen molar-refractivity contribution in [2.45, 2.75) is 39.2 Å². The van der Waals surface area contributed by atoms with E-state index in [1.54, 1.807) is 36.0 Å². The summed E-state index contributed by atoms with van der Waals surface area (Å²) < 4.78 is 12.3. The van der Waals surface area contributed by atoms with Crippen LogP contribution in [0.2, 0.25) is 0 Å². The summed E-state index contributed by atoms with van der Waals surface area (Å²) in [6.45, 7) is 4.34. The number of unbranched alkanes of at least 4 members (excludes halogenated alkanes) is 1. The standard InChI is InChI=1S/C21H27N5O3/c1-15(2)29-21(27)25(3)12-6-5-8-16-10-13-26-19(24-16)18(14-23-26)17-9-7-11-22-20(17)28-4/h7,9-11,13-15H,5-6,8,12H2,1-4H3. The van der Waals surface area contributed by atoms with Crippen molar-refractivity contribution in [2.75, 3.05) is 20.7 Å². The van der Waals surface area contributed by atoms with Gasteiger partial charge >= 0.3 is 6.09 Å². The molecule has 0 aromatic carbocycles. The average molecular weight is 397 g/mol. The first-order chi connectivity index (χ1) is 14.0. The Kier molecular flexibility index (Phi) is 6.64. The van der Waals surface area contributed by atoms with Crippen molar-refractivity contribution >= 4 is 11.7 Å². The van der Waals surface area contributed by atoms with Crippen LogP contribution in [-0.4, -0.2) is 57.4 Å². The summed E-state index contributed by atoms with van der Waals surface area (Å²) in [7, 11) is 3.36. The second-order valence-corrected chi connectivity index (χ2v) is 7.12. The smallest absolute Gasteiger partial charge is 0.409 e. The Morgan fingerprint density at radius 1 is 1.24 bits per heavy atom. The number of hydrogen-bond acceptors (Lipinski definition) is 6. The van der Waals surface area contributed by atoms with Gasteiger partial charge in [0.05, 0.1) is 25.0 Å². The van der Waals surface area contributed by atoms with Crippen LogP contribution in [0.15, 0.2) is 36.8 Å². The zero-order chi connectivity index (χ0) is 20.8. The van der Waals surface area contributed by atoms with Crippen molar-refractivity contribution in [3.05, 3.63) is 42.5 Å². The number of hydrogen-bond donors (Lipinski definition) is 0. The minimum Gasteiger partial charge on any atom is -0.481 e. The lowest BCUT2D eigenvalue weighted by Gasteiger charge is -2.18. The fourth-order valence-electron chi connectivity index (χ4n) is 3.03. The van der Waals surface area contributed by atoms with E-state index in [0.717, 1.165) is 41.7 Å². The number of ether oxygens (including phenoxy) is 2. The molecule has 3 heterocycles. The number of fused-ring (bicyclic) bond motifs is 1. The van der Waals surface area contributed by atoms with Gasteiger partial charge in [-0.3, -0.25) is 0 Å². The van der Waals surface area contributed by atoms with Gasteiger partial charge in [0.25, 0.3) is 0 Å². The molecule has 0 saturated carbocycles. The maximum Gasteiger partial charge on any atom is 0.409 e. The van der Waals surface area contributed by atoms with Gasteiger partial charge in [-0.1, -0.05) is 0 Å². The van der Waals surface area contributed by atoms with E-state index >= 15 is 0 Å². The summed E-state index contributed by atoms with van der Waals surface area (Å²) >= 11 is 0. The van der Waals surface area contributed by atoms with Crippen LogP contribution in [0.3, 0.4) is 0 Å². The van der Waals surface area contributed by atoms with Crippen molar-refractivity contribution in [1.82, 2.24) is 24.5 Å². The molecule has 0 bridgehead atoms. The van der Waals surface area contributed by atoms with Gasteiger partial charge in [-0.2, -0.15) is 5.10 Å². The van der Waals surface area contributed by atoms with Crippen molar-refractivity contribution in [3.8, 4) is 17.0 Å². The number of aromatic nitrogens is 4. The summed E-state index contributed by atoms with van der Waals surface area (Å²) in [6.07, 6.45) is 7.61. The van der Waals surface area contributed by atoms with Crippen LogP contribution in [0.4, 0.5) is 4.79 Å². The second kappa shape index (κ2) is 9.36. The van der Waals surface area contributed by atoms with Crippen LogP contribution in [0, 0.1) is 0 Å². The lowest BCUT2D eigenvalue weighted by atomic mass is 10.1. The third-order valence-corrected chi connectivity index (χ3v) is 4.51. The summed E-state index contributed by atoms with van der Waals surface area (Å²) in [5, 5.41) is 4.39. The zero-order valence-corrected chi connectivity index (χ0v) is 17.3. The van der Waals surface area contributed by atoms with Gasteiger partial charge in [0.15, 0.2) is 5.65 Å². The molecule has 154 valence electrons. The Morgan fingerprint density at radius 2 is 2.07 bits per heavy atom. The molecule has 3 rings (SSSR count). The number of pyridine rings is 1. The van der Waals surface area contributed by atoms with Gasteiger partial charge in [0.2, 0.25) is 5.88 Å². The van der Waals surface area contributed by atoms with Crippen LogP contribution in [-0.2, 0) is 11.2 Å². The van der Waals surface area contributed by atoms with Crippen LogP contribution in [0.1, 0.15) is 32.4 Å². The molecule has 3 aromatic heterocycles. The SMILES string of the molecule is COc1ncccc1-c1cnn2ccc(CCCCN(C)C(=O)OC(C)C)nc12. The minimum atomic E-state index is -0.283. The number of carbonyl (C=O) groups is 1. The number of carbonyl (C=O) groups excluding carboxylic acids is 1. The number of amides is 1. The highest BCUT2D eigenvalue weighted by Crippen LogP contribution is 2.30. The van der Waals surface area contributed by atoms with Crippen LogP contribution >= 0.6 is 0 Å². The van der Waals surface area contributed by atoms with Crippen LogP contribution in [0.25, 0.3) is 16.8 Å². The zero-order valence-electron chi connectivity index (χ0n) is 17.3. The van der Waals surface area contributed by atoms with E-state index in [2.05, 4.69) is 10.1 Å². The largest absolute Gasteiger partial charge is 0.481 e. The molecular weight excluding hydrogens is 370 g/mol. The Hall–Kier alpha value is -3.16. The molecule has 0 aliphatic rings. The second-order valence-electron chi connectivity index (χ2n) is 7.12. The minimum absolute atomic E-state index is 0.107. The third kappa shape index (κ3) is 5.01. The molecule has 0 N–H and O–H groups in total. The van der Waals surface area contributed by atoms with Crippen molar-refractivity contribution in [1.29, 1.82) is 0 Å². The van der Waals surface area contributed by atoms with Gasteiger partial charge in [0.1, 0.15) is 0 Å². The van der Waals surface area contributed by atoms with E-state index < -0.39 is 0 Å². The molecule has 0 unspecified atom stereocenters. The highest BCUT2D eigenvalue weighted by molar-refractivity contribution is 5.80. The van der Waals surface area contributed by atoms with Gasteiger partial charge < -0.3 is 14.4 Å². The summed E-state index contributed by atoms with van der Waals surface area (Å²) in [4.78, 5) is 22.5. The highest BCUT2D eigenvalue weighted by Gasteiger charge is 2.14. The molecule has 8 nitrogen and oxygen atoms in total. The summed E-state index contributed by atoms with van der Waals surface area (Å²) in [5.74, 6) is 0.547. The molecule has 0 spiro atoms. The molecule has 8 heteroatoms. The van der Waals surface area contributed by atoms with Gasteiger partial charge in [-0.15, -0.1) is 0 Å². The van der Waals surface area contributed by atoms with Crippen LogP contribution in [0.5, 0.6) is 5.88 Å². The normalized spacial score (nSPS) is 11.1. The summed E-state index contributed by atoms with van der Waals surface area (Å²) in [5.41, 5.74) is 3.49. The predicted molar refractivity (Wildman–Crippen MR) is 110 cm³/mol.